The molecule has 0 bridgehead atoms. The molecule has 7 heteroatoms. The van der Waals surface area contributed by atoms with Gasteiger partial charge in [0.25, 0.3) is 0 Å². The molecule has 0 aromatic carbocycles. The summed E-state index contributed by atoms with van der Waals surface area (Å²) in [6.45, 7) is 2.69. The van der Waals surface area contributed by atoms with E-state index in [9.17, 15) is 0 Å². The molecule has 0 saturated heterocycles. The van der Waals surface area contributed by atoms with Crippen molar-refractivity contribution in [3.05, 3.63) is 10.0 Å². The van der Waals surface area contributed by atoms with Gasteiger partial charge < -0.3 is 10.8 Å². The second-order valence-electron chi connectivity index (χ2n) is 3.72. The first-order chi connectivity index (χ1) is 7.63. The zero-order chi connectivity index (χ0) is 11.7. The van der Waals surface area contributed by atoms with Crippen molar-refractivity contribution in [2.75, 3.05) is 12.3 Å². The van der Waals surface area contributed by atoms with Crippen LogP contribution < -0.4 is 5.73 Å². The number of aliphatic hydroxyl groups is 1. The van der Waals surface area contributed by atoms with Crippen LogP contribution in [0, 0.1) is 9.62 Å². The quantitative estimate of drug-likeness (QED) is 0.805. The highest BCUT2D eigenvalue weighted by molar-refractivity contribution is 14.1. The number of nitrogens with zero attached hydrogens (tertiary/aromatic N) is 4. The van der Waals surface area contributed by atoms with Gasteiger partial charge in [-0.15, -0.1) is 0 Å². The van der Waals surface area contributed by atoms with Gasteiger partial charge in [-0.05, 0) is 28.5 Å². The molecule has 86 valence electrons. The molecule has 1 atom stereocenters. The molecule has 2 heterocycles. The van der Waals surface area contributed by atoms with E-state index in [0.717, 1.165) is 14.7 Å². The minimum absolute atomic E-state index is 0.124. The molecular formula is C9H12IN5O. The van der Waals surface area contributed by atoms with Gasteiger partial charge in [0.1, 0.15) is 15.8 Å². The average Bonchev–Trinajstić information content (AvgIpc) is 2.57. The molecule has 0 saturated carbocycles. The van der Waals surface area contributed by atoms with Crippen molar-refractivity contribution < 1.29 is 5.11 Å². The van der Waals surface area contributed by atoms with E-state index in [2.05, 4.69) is 37.7 Å². The molecule has 2 aromatic rings. The minimum atomic E-state index is 0.124. The highest BCUT2D eigenvalue weighted by atomic mass is 127. The van der Waals surface area contributed by atoms with Crippen LogP contribution in [-0.2, 0) is 6.54 Å². The Morgan fingerprint density at radius 2 is 2.31 bits per heavy atom. The lowest BCUT2D eigenvalue weighted by Crippen LogP contribution is -2.12. The second kappa shape index (κ2) is 4.50. The Balaban J connectivity index is 2.51. The van der Waals surface area contributed by atoms with Gasteiger partial charge in [0, 0.05) is 13.2 Å². The predicted octanol–water partition coefficient (Wildman–Crippen LogP) is 0.641. The van der Waals surface area contributed by atoms with E-state index < -0.39 is 0 Å². The van der Waals surface area contributed by atoms with Gasteiger partial charge in [-0.25, -0.2) is 14.6 Å². The van der Waals surface area contributed by atoms with Crippen LogP contribution >= 0.6 is 22.6 Å². The van der Waals surface area contributed by atoms with Gasteiger partial charge in [-0.2, -0.15) is 5.10 Å². The summed E-state index contributed by atoms with van der Waals surface area (Å²) in [5.41, 5.74) is 6.49. The van der Waals surface area contributed by atoms with Crippen LogP contribution in [0.25, 0.3) is 11.0 Å². The predicted molar refractivity (Wildman–Crippen MR) is 68.7 cm³/mol. The number of hydrogen-bond acceptors (Lipinski definition) is 5. The molecule has 0 fully saturated rings. The van der Waals surface area contributed by atoms with E-state index in [0.29, 0.717) is 12.4 Å². The summed E-state index contributed by atoms with van der Waals surface area (Å²) in [5.74, 6) is 0.576. The Kier molecular flexibility index (Phi) is 3.24. The Hall–Kier alpha value is -0.960. The van der Waals surface area contributed by atoms with Crippen LogP contribution in [0.2, 0.25) is 0 Å². The van der Waals surface area contributed by atoms with Crippen molar-refractivity contribution in [1.29, 1.82) is 0 Å². The summed E-state index contributed by atoms with van der Waals surface area (Å²) < 4.78 is 2.55. The third-order valence-corrected chi connectivity index (χ3v) is 3.07. The standard InChI is InChI=1S/C9H12IN5O/c1-5(3-16)2-15-9-6(7(10)14-15)8(11)12-4-13-9/h4-5,16H,2-3H2,1H3,(H2,11,12,13)/t5-/m1/s1. The molecular weight excluding hydrogens is 321 g/mol. The third-order valence-electron chi connectivity index (χ3n) is 2.31. The van der Waals surface area contributed by atoms with Crippen molar-refractivity contribution >= 4 is 39.4 Å². The second-order valence-corrected chi connectivity index (χ2v) is 4.74. The van der Waals surface area contributed by atoms with Crippen LogP contribution in [-0.4, -0.2) is 31.5 Å². The summed E-state index contributed by atoms with van der Waals surface area (Å²) in [6, 6.07) is 0. The molecule has 0 spiro atoms. The smallest absolute Gasteiger partial charge is 0.164 e. The van der Waals surface area contributed by atoms with Crippen molar-refractivity contribution in [3.63, 3.8) is 0 Å². The fourth-order valence-corrected chi connectivity index (χ4v) is 2.24. The van der Waals surface area contributed by atoms with Gasteiger partial charge >= 0.3 is 0 Å². The van der Waals surface area contributed by atoms with E-state index in [1.54, 1.807) is 4.68 Å². The third kappa shape index (κ3) is 1.96. The van der Waals surface area contributed by atoms with Crippen LogP contribution in [0.1, 0.15) is 6.92 Å². The Bertz CT molecular complexity index is 512. The fraction of sp³-hybridized carbons (Fsp3) is 0.444. The monoisotopic (exact) mass is 333 g/mol. The zero-order valence-electron chi connectivity index (χ0n) is 8.76. The van der Waals surface area contributed by atoms with E-state index in [1.165, 1.54) is 6.33 Å². The Morgan fingerprint density at radius 3 is 3.00 bits per heavy atom. The number of aliphatic hydroxyl groups excluding tert-OH is 1. The molecule has 0 aliphatic carbocycles. The van der Waals surface area contributed by atoms with Gasteiger partial charge in [-0.3, -0.25) is 0 Å². The number of nitrogens with two attached hydrogens (primary N) is 1. The van der Waals surface area contributed by atoms with E-state index in [4.69, 9.17) is 10.8 Å². The summed E-state index contributed by atoms with van der Waals surface area (Å²) in [7, 11) is 0. The topological polar surface area (TPSA) is 89.8 Å². The highest BCUT2D eigenvalue weighted by Crippen LogP contribution is 2.22. The van der Waals surface area contributed by atoms with Gasteiger partial charge in [-0.1, -0.05) is 6.92 Å². The van der Waals surface area contributed by atoms with Crippen LogP contribution in [0.5, 0.6) is 0 Å². The first-order valence-corrected chi connectivity index (χ1v) is 5.94. The van der Waals surface area contributed by atoms with Crippen molar-refractivity contribution in [3.8, 4) is 0 Å². The zero-order valence-corrected chi connectivity index (χ0v) is 10.9. The molecule has 0 aliphatic heterocycles. The highest BCUT2D eigenvalue weighted by Gasteiger charge is 2.14. The number of fused-ring (bicyclic) bond motifs is 1. The van der Waals surface area contributed by atoms with Crippen molar-refractivity contribution in [2.24, 2.45) is 5.92 Å². The number of aromatic nitrogens is 4. The molecule has 0 amide bonds. The van der Waals surface area contributed by atoms with Crippen LogP contribution in [0.3, 0.4) is 0 Å². The lowest BCUT2D eigenvalue weighted by atomic mass is 10.2. The molecule has 3 N–H and O–H groups in total. The molecule has 0 aliphatic rings. The van der Waals surface area contributed by atoms with Gasteiger partial charge in [0.05, 0.1) is 5.39 Å². The van der Waals surface area contributed by atoms with Crippen LogP contribution in [0.15, 0.2) is 6.33 Å². The van der Waals surface area contributed by atoms with Gasteiger partial charge in [0.15, 0.2) is 5.65 Å². The Morgan fingerprint density at radius 1 is 1.56 bits per heavy atom. The summed E-state index contributed by atoms with van der Waals surface area (Å²) in [6.07, 6.45) is 1.43. The Labute approximate surface area is 106 Å². The molecule has 2 aromatic heterocycles. The normalized spacial score (nSPS) is 13.2. The molecule has 16 heavy (non-hydrogen) atoms. The summed E-state index contributed by atoms with van der Waals surface area (Å²) in [5, 5.41) is 14.2. The summed E-state index contributed by atoms with van der Waals surface area (Å²) in [4.78, 5) is 8.11. The van der Waals surface area contributed by atoms with E-state index in [1.807, 2.05) is 6.92 Å². The minimum Gasteiger partial charge on any atom is -0.396 e. The molecule has 0 radical (unpaired) electrons. The number of rotatable bonds is 3. The molecule has 2 rings (SSSR count). The van der Waals surface area contributed by atoms with E-state index in [-0.39, 0.29) is 12.5 Å². The lowest BCUT2D eigenvalue weighted by molar-refractivity contribution is 0.220. The van der Waals surface area contributed by atoms with Crippen molar-refractivity contribution in [2.45, 2.75) is 13.5 Å². The first kappa shape index (κ1) is 11.5. The number of hydrogen-bond donors (Lipinski definition) is 2. The maximum absolute atomic E-state index is 9.03. The maximum atomic E-state index is 9.03. The number of halogens is 1. The first-order valence-electron chi connectivity index (χ1n) is 4.86. The largest absolute Gasteiger partial charge is 0.396 e. The number of nitrogen functional groups attached to an aromatic ring is 1. The maximum Gasteiger partial charge on any atom is 0.164 e. The van der Waals surface area contributed by atoms with E-state index >= 15 is 0 Å². The average molecular weight is 333 g/mol. The fourth-order valence-electron chi connectivity index (χ4n) is 1.47. The lowest BCUT2D eigenvalue weighted by Gasteiger charge is -2.07. The van der Waals surface area contributed by atoms with Crippen molar-refractivity contribution in [1.82, 2.24) is 19.7 Å². The molecule has 6 nitrogen and oxygen atoms in total. The molecule has 0 unspecified atom stereocenters. The SMILES string of the molecule is C[C@@H](CO)Cn1nc(I)c2c(N)ncnc21. The summed E-state index contributed by atoms with van der Waals surface area (Å²) >= 11 is 2.11. The number of anilines is 1. The van der Waals surface area contributed by atoms with Gasteiger partial charge in [0.2, 0.25) is 0 Å². The van der Waals surface area contributed by atoms with Crippen LogP contribution in [0.4, 0.5) is 5.82 Å².